The first-order valence-corrected chi connectivity index (χ1v) is 5.16. The van der Waals surface area contributed by atoms with Crippen LogP contribution in [0.3, 0.4) is 0 Å². The van der Waals surface area contributed by atoms with Gasteiger partial charge in [-0.2, -0.15) is 0 Å². The Morgan fingerprint density at radius 2 is 1.87 bits per heavy atom. The van der Waals surface area contributed by atoms with Crippen LogP contribution in [0, 0.1) is 5.92 Å². The predicted octanol–water partition coefficient (Wildman–Crippen LogP) is 0.211. The zero-order chi connectivity index (χ0) is 11.8. The monoisotopic (exact) mass is 216 g/mol. The van der Waals surface area contributed by atoms with Crippen LogP contribution in [0.25, 0.3) is 0 Å². The number of hydrogen-bond acceptors (Lipinski definition) is 3. The maximum absolute atomic E-state index is 11.2. The van der Waals surface area contributed by atoms with Crippen molar-refractivity contribution < 1.29 is 14.7 Å². The summed E-state index contributed by atoms with van der Waals surface area (Å²) in [6.07, 6.45) is 0.461. The Labute approximate surface area is 90.2 Å². The van der Waals surface area contributed by atoms with Crippen LogP contribution in [-0.2, 0) is 9.59 Å². The number of amides is 1. The quantitative estimate of drug-likeness (QED) is 0.568. The largest absolute Gasteiger partial charge is 0.481 e. The molecule has 0 rings (SSSR count). The minimum absolute atomic E-state index is 0.0960. The third-order valence-corrected chi connectivity index (χ3v) is 1.99. The maximum Gasteiger partial charge on any atom is 0.306 e. The number of carboxylic acids is 1. The molecule has 3 N–H and O–H groups in total. The molecule has 0 aliphatic rings. The van der Waals surface area contributed by atoms with Crippen LogP contribution in [0.2, 0.25) is 0 Å². The molecular weight excluding hydrogens is 196 g/mol. The lowest BCUT2D eigenvalue weighted by Crippen LogP contribution is -2.37. The number of hydrogen-bond donors (Lipinski definition) is 3. The average molecular weight is 216 g/mol. The second-order valence-electron chi connectivity index (χ2n) is 3.91. The number of carbonyl (C=O) groups excluding carboxylic acids is 1. The van der Waals surface area contributed by atoms with Gasteiger partial charge in [0, 0.05) is 12.6 Å². The van der Waals surface area contributed by atoms with Crippen LogP contribution in [0.15, 0.2) is 0 Å². The fraction of sp³-hybridized carbons (Fsp3) is 0.800. The van der Waals surface area contributed by atoms with Crippen LogP contribution >= 0.6 is 0 Å². The summed E-state index contributed by atoms with van der Waals surface area (Å²) in [5.41, 5.74) is 0. The Morgan fingerprint density at radius 1 is 1.27 bits per heavy atom. The molecule has 0 heterocycles. The summed E-state index contributed by atoms with van der Waals surface area (Å²) in [7, 11) is 0. The van der Waals surface area contributed by atoms with Gasteiger partial charge in [-0.3, -0.25) is 9.59 Å². The first-order chi connectivity index (χ1) is 6.93. The van der Waals surface area contributed by atoms with Crippen LogP contribution in [0.5, 0.6) is 0 Å². The van der Waals surface area contributed by atoms with E-state index in [1.54, 1.807) is 6.92 Å². The number of aliphatic carboxylic acids is 1. The minimum atomic E-state index is -0.829. The maximum atomic E-state index is 11.2. The molecule has 1 unspecified atom stereocenters. The number of nitrogens with one attached hydrogen (secondary N) is 2. The summed E-state index contributed by atoms with van der Waals surface area (Å²) >= 11 is 0. The van der Waals surface area contributed by atoms with Gasteiger partial charge in [-0.05, 0) is 6.42 Å². The van der Waals surface area contributed by atoms with E-state index in [-0.39, 0.29) is 18.5 Å². The van der Waals surface area contributed by atoms with Crippen molar-refractivity contribution >= 4 is 11.9 Å². The molecule has 5 nitrogen and oxygen atoms in total. The van der Waals surface area contributed by atoms with E-state index >= 15 is 0 Å². The highest BCUT2D eigenvalue weighted by atomic mass is 16.4. The molecule has 0 aromatic heterocycles. The summed E-state index contributed by atoms with van der Waals surface area (Å²) in [5, 5.41) is 14.2. The molecule has 0 spiro atoms. The summed E-state index contributed by atoms with van der Waals surface area (Å²) < 4.78 is 0. The lowest BCUT2D eigenvalue weighted by Gasteiger charge is -2.10. The van der Waals surface area contributed by atoms with E-state index in [2.05, 4.69) is 10.6 Å². The van der Waals surface area contributed by atoms with Gasteiger partial charge in [0.1, 0.15) is 0 Å². The van der Waals surface area contributed by atoms with Gasteiger partial charge in [0.15, 0.2) is 0 Å². The van der Waals surface area contributed by atoms with Crippen molar-refractivity contribution in [1.29, 1.82) is 0 Å². The van der Waals surface area contributed by atoms with Crippen LogP contribution < -0.4 is 10.6 Å². The minimum Gasteiger partial charge on any atom is -0.481 e. The van der Waals surface area contributed by atoms with Crippen molar-refractivity contribution in [1.82, 2.24) is 10.6 Å². The van der Waals surface area contributed by atoms with Gasteiger partial charge in [0.05, 0.1) is 12.5 Å². The van der Waals surface area contributed by atoms with E-state index in [1.165, 1.54) is 0 Å². The summed E-state index contributed by atoms with van der Waals surface area (Å²) in [6, 6.07) is 0.272. The standard InChI is InChI=1S/C10H20N2O3/c1-7(2)12-6-9(13)11-5-4-8(3)10(14)15/h7-8,12H,4-6H2,1-3H3,(H,11,13)(H,14,15). The average Bonchev–Trinajstić information content (AvgIpc) is 2.14. The molecule has 0 aliphatic carbocycles. The zero-order valence-electron chi connectivity index (χ0n) is 9.54. The van der Waals surface area contributed by atoms with E-state index in [0.29, 0.717) is 13.0 Å². The molecule has 0 aromatic rings. The van der Waals surface area contributed by atoms with Gasteiger partial charge in [-0.25, -0.2) is 0 Å². The predicted molar refractivity (Wildman–Crippen MR) is 57.6 cm³/mol. The second-order valence-corrected chi connectivity index (χ2v) is 3.91. The van der Waals surface area contributed by atoms with Crippen molar-refractivity contribution in [3.63, 3.8) is 0 Å². The first-order valence-electron chi connectivity index (χ1n) is 5.16. The molecule has 0 saturated heterocycles. The van der Waals surface area contributed by atoms with Crippen molar-refractivity contribution in [3.8, 4) is 0 Å². The Hall–Kier alpha value is -1.10. The van der Waals surface area contributed by atoms with Gasteiger partial charge < -0.3 is 15.7 Å². The normalized spacial score (nSPS) is 12.5. The van der Waals surface area contributed by atoms with E-state index in [4.69, 9.17) is 5.11 Å². The topological polar surface area (TPSA) is 78.4 Å². The van der Waals surface area contributed by atoms with E-state index in [1.807, 2.05) is 13.8 Å². The van der Waals surface area contributed by atoms with E-state index in [9.17, 15) is 9.59 Å². The number of rotatable bonds is 7. The molecule has 0 radical (unpaired) electrons. The summed E-state index contributed by atoms with van der Waals surface area (Å²) in [5.74, 6) is -1.34. The summed E-state index contributed by atoms with van der Waals surface area (Å²) in [4.78, 5) is 21.6. The Balaban J connectivity index is 3.51. The van der Waals surface area contributed by atoms with Crippen molar-refractivity contribution in [2.24, 2.45) is 5.92 Å². The first kappa shape index (κ1) is 13.9. The molecular formula is C10H20N2O3. The molecule has 15 heavy (non-hydrogen) atoms. The van der Waals surface area contributed by atoms with Crippen molar-refractivity contribution in [2.45, 2.75) is 33.2 Å². The molecule has 88 valence electrons. The molecule has 1 atom stereocenters. The third-order valence-electron chi connectivity index (χ3n) is 1.99. The van der Waals surface area contributed by atoms with Gasteiger partial charge in [0.2, 0.25) is 5.91 Å². The Bertz CT molecular complexity index is 217. The van der Waals surface area contributed by atoms with Crippen LogP contribution in [-0.4, -0.2) is 36.1 Å². The van der Waals surface area contributed by atoms with Gasteiger partial charge in [-0.15, -0.1) is 0 Å². The molecule has 0 bridgehead atoms. The van der Waals surface area contributed by atoms with Gasteiger partial charge in [-0.1, -0.05) is 20.8 Å². The lowest BCUT2D eigenvalue weighted by atomic mass is 10.1. The molecule has 1 amide bonds. The molecule has 0 aromatic carbocycles. The van der Waals surface area contributed by atoms with Gasteiger partial charge >= 0.3 is 5.97 Å². The smallest absolute Gasteiger partial charge is 0.306 e. The Morgan fingerprint density at radius 3 is 2.33 bits per heavy atom. The number of carbonyl (C=O) groups is 2. The van der Waals surface area contributed by atoms with Crippen LogP contribution in [0.1, 0.15) is 27.2 Å². The van der Waals surface area contributed by atoms with E-state index in [0.717, 1.165) is 0 Å². The SMILES string of the molecule is CC(C)NCC(=O)NCCC(C)C(=O)O. The summed E-state index contributed by atoms with van der Waals surface area (Å²) in [6.45, 7) is 6.23. The number of carboxylic acid groups (broad SMARTS) is 1. The fourth-order valence-corrected chi connectivity index (χ4v) is 0.911. The molecule has 5 heteroatoms. The van der Waals surface area contributed by atoms with Crippen LogP contribution in [0.4, 0.5) is 0 Å². The van der Waals surface area contributed by atoms with E-state index < -0.39 is 11.9 Å². The molecule has 0 fully saturated rings. The highest BCUT2D eigenvalue weighted by Gasteiger charge is 2.10. The fourth-order valence-electron chi connectivity index (χ4n) is 0.911. The zero-order valence-corrected chi connectivity index (χ0v) is 9.54. The molecule has 0 saturated carbocycles. The second kappa shape index (κ2) is 7.23. The van der Waals surface area contributed by atoms with Crippen molar-refractivity contribution in [2.75, 3.05) is 13.1 Å². The van der Waals surface area contributed by atoms with Gasteiger partial charge in [0.25, 0.3) is 0 Å². The van der Waals surface area contributed by atoms with Crippen molar-refractivity contribution in [3.05, 3.63) is 0 Å². The lowest BCUT2D eigenvalue weighted by molar-refractivity contribution is -0.141. The molecule has 0 aliphatic heterocycles. The highest BCUT2D eigenvalue weighted by Crippen LogP contribution is 1.99. The Kier molecular flexibility index (Phi) is 6.70. The third kappa shape index (κ3) is 7.93. The highest BCUT2D eigenvalue weighted by molar-refractivity contribution is 5.78.